The van der Waals surface area contributed by atoms with Crippen molar-refractivity contribution in [1.29, 1.82) is 0 Å². The summed E-state index contributed by atoms with van der Waals surface area (Å²) in [5.41, 5.74) is 2.77. The van der Waals surface area contributed by atoms with Crippen LogP contribution in [0, 0.1) is 0 Å². The molecule has 5 rings (SSSR count). The average Bonchev–Trinajstić information content (AvgIpc) is 3.37. The van der Waals surface area contributed by atoms with Crippen molar-refractivity contribution in [1.82, 2.24) is 30.9 Å². The molecule has 0 spiro atoms. The van der Waals surface area contributed by atoms with Gasteiger partial charge in [0.1, 0.15) is 11.4 Å². The van der Waals surface area contributed by atoms with E-state index < -0.39 is 0 Å². The number of aromatic nitrogens is 5. The van der Waals surface area contributed by atoms with Crippen molar-refractivity contribution in [3.63, 3.8) is 0 Å². The molecular weight excluding hydrogens is 354 g/mol. The molecule has 144 valence electrons. The predicted molar refractivity (Wildman–Crippen MR) is 106 cm³/mol. The van der Waals surface area contributed by atoms with Gasteiger partial charge in [-0.05, 0) is 49.9 Å². The van der Waals surface area contributed by atoms with E-state index in [1.54, 1.807) is 12.3 Å². The van der Waals surface area contributed by atoms with Crippen molar-refractivity contribution in [2.75, 3.05) is 11.9 Å². The van der Waals surface area contributed by atoms with E-state index in [0.717, 1.165) is 24.2 Å². The summed E-state index contributed by atoms with van der Waals surface area (Å²) >= 11 is 0. The van der Waals surface area contributed by atoms with Crippen molar-refractivity contribution in [2.45, 2.75) is 43.8 Å². The van der Waals surface area contributed by atoms with Crippen LogP contribution in [0.1, 0.15) is 25.7 Å². The maximum absolute atomic E-state index is 10.4. The molecule has 8 nitrogen and oxygen atoms in total. The Balaban J connectivity index is 1.35. The highest BCUT2D eigenvalue weighted by atomic mass is 16.3. The lowest BCUT2D eigenvalue weighted by molar-refractivity contribution is 0.353. The van der Waals surface area contributed by atoms with Crippen LogP contribution >= 0.6 is 0 Å². The zero-order valence-electron chi connectivity index (χ0n) is 15.7. The molecule has 3 aromatic rings. The molecule has 28 heavy (non-hydrogen) atoms. The number of phenols is 1. The number of aromatic amines is 1. The molecule has 8 heteroatoms. The Morgan fingerprint density at radius 2 is 1.86 bits per heavy atom. The van der Waals surface area contributed by atoms with Crippen molar-refractivity contribution < 1.29 is 5.11 Å². The van der Waals surface area contributed by atoms with Crippen molar-refractivity contribution in [3.8, 4) is 28.3 Å². The molecular formula is C20H23N7O. The van der Waals surface area contributed by atoms with Gasteiger partial charge in [0.25, 0.3) is 0 Å². The Morgan fingerprint density at radius 3 is 2.50 bits per heavy atom. The third kappa shape index (κ3) is 3.09. The highest BCUT2D eigenvalue weighted by molar-refractivity contribution is 5.72. The zero-order chi connectivity index (χ0) is 19.1. The topological polar surface area (TPSA) is 103 Å². The molecule has 1 unspecified atom stereocenters. The van der Waals surface area contributed by atoms with Gasteiger partial charge in [-0.3, -0.25) is 0 Å². The maximum Gasteiger partial charge on any atom is 0.151 e. The molecule has 2 aliphatic rings. The first-order valence-electron chi connectivity index (χ1n) is 9.69. The fraction of sp³-hybridized carbons (Fsp3) is 0.400. The van der Waals surface area contributed by atoms with Gasteiger partial charge >= 0.3 is 0 Å². The molecule has 3 atom stereocenters. The molecule has 0 saturated carbocycles. The van der Waals surface area contributed by atoms with E-state index in [0.29, 0.717) is 35.1 Å². The number of fused-ring (bicyclic) bond motifs is 2. The number of anilines is 1. The molecule has 2 aliphatic heterocycles. The number of aromatic hydroxyl groups is 1. The number of nitrogens with zero attached hydrogens (tertiary/aromatic N) is 5. The van der Waals surface area contributed by atoms with Gasteiger partial charge in [0, 0.05) is 36.3 Å². The highest BCUT2D eigenvalue weighted by Gasteiger charge is 2.35. The molecule has 2 fully saturated rings. The lowest BCUT2D eigenvalue weighted by Crippen LogP contribution is -2.47. The second kappa shape index (κ2) is 6.87. The second-order valence-corrected chi connectivity index (χ2v) is 7.74. The van der Waals surface area contributed by atoms with Gasteiger partial charge in [-0.25, -0.2) is 0 Å². The van der Waals surface area contributed by atoms with Crippen LogP contribution < -0.4 is 10.2 Å². The Morgan fingerprint density at radius 1 is 1.04 bits per heavy atom. The summed E-state index contributed by atoms with van der Waals surface area (Å²) < 4.78 is 0. The van der Waals surface area contributed by atoms with Crippen molar-refractivity contribution in [3.05, 3.63) is 36.5 Å². The van der Waals surface area contributed by atoms with Gasteiger partial charge in [-0.15, -0.1) is 10.2 Å². The lowest BCUT2D eigenvalue weighted by Gasteiger charge is -2.36. The van der Waals surface area contributed by atoms with E-state index in [1.165, 1.54) is 12.8 Å². The summed E-state index contributed by atoms with van der Waals surface area (Å²) in [5, 5.41) is 33.3. The van der Waals surface area contributed by atoms with E-state index in [2.05, 4.69) is 42.9 Å². The fourth-order valence-electron chi connectivity index (χ4n) is 4.44. The Bertz CT molecular complexity index is 945. The van der Waals surface area contributed by atoms with Crippen molar-refractivity contribution in [2.24, 2.45) is 0 Å². The van der Waals surface area contributed by atoms with Gasteiger partial charge in [-0.1, -0.05) is 6.07 Å². The number of hydrogen-bond acceptors (Lipinski definition) is 7. The molecule has 3 N–H and O–H groups in total. The van der Waals surface area contributed by atoms with E-state index in [1.807, 2.05) is 24.3 Å². The maximum atomic E-state index is 10.4. The van der Waals surface area contributed by atoms with Crippen LogP contribution in [0.25, 0.3) is 22.5 Å². The summed E-state index contributed by atoms with van der Waals surface area (Å²) in [6.07, 6.45) is 6.49. The standard InChI is InChI=1S/C20H23N7O/c1-27(15-9-13-3-4-14(10-15)22-13)20-7-6-17(23-25-20)16-5-2-12(8-19(16)28)18-11-21-26-24-18/h2,5-8,11,13-15,22,28H,3-4,9-10H2,1H3,(H,21,24,26)/t13-,14+,15?. The van der Waals surface area contributed by atoms with Gasteiger partial charge in [0.05, 0.1) is 11.9 Å². The number of benzene rings is 1. The molecule has 4 heterocycles. The third-order valence-corrected chi connectivity index (χ3v) is 5.99. The minimum Gasteiger partial charge on any atom is -0.507 e. The van der Waals surface area contributed by atoms with Crippen molar-refractivity contribution >= 4 is 5.82 Å². The largest absolute Gasteiger partial charge is 0.507 e. The van der Waals surface area contributed by atoms with Gasteiger partial charge < -0.3 is 15.3 Å². The third-order valence-electron chi connectivity index (χ3n) is 5.99. The molecule has 1 aromatic carbocycles. The quantitative estimate of drug-likeness (QED) is 0.641. The summed E-state index contributed by atoms with van der Waals surface area (Å²) in [5.74, 6) is 1.01. The Hall–Kier alpha value is -3.00. The van der Waals surface area contributed by atoms with Crippen LogP contribution in [-0.2, 0) is 0 Å². The zero-order valence-corrected chi connectivity index (χ0v) is 15.7. The second-order valence-electron chi connectivity index (χ2n) is 7.74. The summed E-state index contributed by atoms with van der Waals surface area (Å²) in [6, 6.07) is 11.1. The minimum absolute atomic E-state index is 0.144. The van der Waals surface area contributed by atoms with Gasteiger partial charge in [-0.2, -0.15) is 15.4 Å². The first kappa shape index (κ1) is 17.1. The number of nitrogens with one attached hydrogen (secondary N) is 2. The number of H-pyrrole nitrogens is 1. The summed E-state index contributed by atoms with van der Waals surface area (Å²) in [7, 11) is 2.10. The SMILES string of the molecule is CN(c1ccc(-c2ccc(-c3cn[nH]n3)cc2O)nn1)C1C[C@H]2CC[C@@H](C1)N2. The van der Waals surface area contributed by atoms with Crippen LogP contribution in [-0.4, -0.2) is 55.9 Å². The first-order valence-corrected chi connectivity index (χ1v) is 9.69. The molecule has 2 aromatic heterocycles. The predicted octanol–water partition coefficient (Wildman–Crippen LogP) is 2.35. The Kier molecular flexibility index (Phi) is 4.20. The summed E-state index contributed by atoms with van der Waals surface area (Å²) in [6.45, 7) is 0. The van der Waals surface area contributed by atoms with E-state index in [9.17, 15) is 5.11 Å². The summed E-state index contributed by atoms with van der Waals surface area (Å²) in [4.78, 5) is 2.25. The smallest absolute Gasteiger partial charge is 0.151 e. The number of rotatable bonds is 4. The normalized spacial score (nSPS) is 23.7. The Labute approximate surface area is 163 Å². The van der Waals surface area contributed by atoms with Crippen LogP contribution in [0.3, 0.4) is 0 Å². The van der Waals surface area contributed by atoms with Crippen LogP contribution in [0.2, 0.25) is 0 Å². The molecule has 2 saturated heterocycles. The number of hydrogen-bond donors (Lipinski definition) is 3. The van der Waals surface area contributed by atoms with Gasteiger partial charge in [0.15, 0.2) is 5.82 Å². The number of phenolic OH excluding ortho intramolecular Hbond substituents is 1. The fourth-order valence-corrected chi connectivity index (χ4v) is 4.44. The molecule has 0 radical (unpaired) electrons. The molecule has 0 aliphatic carbocycles. The van der Waals surface area contributed by atoms with E-state index >= 15 is 0 Å². The number of piperidine rings is 1. The van der Waals surface area contributed by atoms with Crippen LogP contribution in [0.15, 0.2) is 36.5 Å². The van der Waals surface area contributed by atoms with Crippen LogP contribution in [0.5, 0.6) is 5.75 Å². The monoisotopic (exact) mass is 377 g/mol. The molecule has 0 amide bonds. The average molecular weight is 377 g/mol. The van der Waals surface area contributed by atoms with E-state index in [-0.39, 0.29) is 5.75 Å². The lowest BCUT2D eigenvalue weighted by atomic mass is 9.98. The minimum atomic E-state index is 0.144. The highest BCUT2D eigenvalue weighted by Crippen LogP contribution is 2.33. The van der Waals surface area contributed by atoms with Gasteiger partial charge in [0.2, 0.25) is 0 Å². The first-order chi connectivity index (χ1) is 13.7. The van der Waals surface area contributed by atoms with E-state index in [4.69, 9.17) is 0 Å². The molecule has 2 bridgehead atoms. The van der Waals surface area contributed by atoms with Crippen LogP contribution in [0.4, 0.5) is 5.82 Å².